The second-order valence-corrected chi connectivity index (χ2v) is 6.60. The van der Waals surface area contributed by atoms with Crippen molar-refractivity contribution in [2.24, 2.45) is 0 Å². The third-order valence-electron chi connectivity index (χ3n) is 2.64. The van der Waals surface area contributed by atoms with E-state index in [1.807, 2.05) is 0 Å². The summed E-state index contributed by atoms with van der Waals surface area (Å²) in [6.07, 6.45) is -0.844. The second-order valence-electron chi connectivity index (χ2n) is 3.75. The van der Waals surface area contributed by atoms with Gasteiger partial charge in [-0.05, 0) is 0 Å². The molecule has 94 valence electrons. The van der Waals surface area contributed by atoms with Crippen LogP contribution in [-0.2, 0) is 0 Å². The van der Waals surface area contributed by atoms with Crippen LogP contribution in [0.4, 0.5) is 0 Å². The Morgan fingerprint density at radius 1 is 1.35 bits per heavy atom. The van der Waals surface area contributed by atoms with Gasteiger partial charge in [0.1, 0.15) is 0 Å². The molecule has 1 aromatic rings. The molecule has 0 radical (unpaired) electrons. The van der Waals surface area contributed by atoms with Crippen LogP contribution in [0.2, 0.25) is 4.82 Å². The summed E-state index contributed by atoms with van der Waals surface area (Å²) in [6, 6.07) is 1.18. The number of nitrogens with one attached hydrogen (secondary N) is 1. The molecule has 1 fully saturated rings. The molecule has 0 aromatic carbocycles. The normalized spacial score (nSPS) is 32.9. The van der Waals surface area contributed by atoms with E-state index in [2.05, 4.69) is 4.98 Å². The van der Waals surface area contributed by atoms with Crippen LogP contribution >= 0.6 is 0 Å². The maximum atomic E-state index is 11.5. The summed E-state index contributed by atoms with van der Waals surface area (Å²) in [5.41, 5.74) is -1.13. The fourth-order valence-corrected chi connectivity index (χ4v) is 4.64. The molecular formula is C9H12N2O5Se. The summed E-state index contributed by atoms with van der Waals surface area (Å²) in [7, 11) is 0. The molecule has 2 rings (SSSR count). The van der Waals surface area contributed by atoms with Gasteiger partial charge >= 0.3 is 102 Å². The van der Waals surface area contributed by atoms with Crippen LogP contribution in [0.25, 0.3) is 0 Å². The zero-order valence-corrected chi connectivity index (χ0v) is 10.4. The molecule has 0 saturated carbocycles. The SMILES string of the molecule is O=c1ccn(C2[Se][C@H](CO)[C@@H](O)[C@@H]2O)c(=O)[nH]1. The average molecular weight is 307 g/mol. The van der Waals surface area contributed by atoms with Gasteiger partial charge < -0.3 is 0 Å². The van der Waals surface area contributed by atoms with E-state index in [4.69, 9.17) is 5.11 Å². The molecule has 1 aromatic heterocycles. The molecule has 0 amide bonds. The fourth-order valence-electron chi connectivity index (χ4n) is 1.74. The summed E-state index contributed by atoms with van der Waals surface area (Å²) in [5.74, 6) is 0. The van der Waals surface area contributed by atoms with E-state index >= 15 is 0 Å². The predicted molar refractivity (Wildman–Crippen MR) is 59.0 cm³/mol. The number of aromatic amines is 1. The Hall–Kier alpha value is -0.921. The van der Waals surface area contributed by atoms with Crippen LogP contribution in [0.3, 0.4) is 0 Å². The standard InChI is InChI=1S/C9H12N2O5Se/c12-3-4-6(14)7(15)8(17-4)11-2-1-5(13)10-9(11)16/h1-2,4,6-8,12,14-15H,3H2,(H,10,13,16)/t4-,6-,7+,8?/m1/s1. The second kappa shape index (κ2) is 4.75. The Balaban J connectivity index is 2.35. The summed E-state index contributed by atoms with van der Waals surface area (Å²) in [6.45, 7) is -0.229. The quantitative estimate of drug-likeness (QED) is 0.442. The third kappa shape index (κ3) is 2.22. The predicted octanol–water partition coefficient (Wildman–Crippen LogP) is -2.74. The molecule has 4 atom stereocenters. The fraction of sp³-hybridized carbons (Fsp3) is 0.556. The van der Waals surface area contributed by atoms with Gasteiger partial charge in [0.05, 0.1) is 0 Å². The van der Waals surface area contributed by atoms with E-state index in [1.54, 1.807) is 0 Å². The number of aliphatic hydroxyl groups excluding tert-OH is 3. The van der Waals surface area contributed by atoms with Crippen molar-refractivity contribution in [2.45, 2.75) is 22.0 Å². The van der Waals surface area contributed by atoms with E-state index in [-0.39, 0.29) is 21.6 Å². The van der Waals surface area contributed by atoms with E-state index in [0.29, 0.717) is 0 Å². The Bertz CT molecular complexity index is 513. The van der Waals surface area contributed by atoms with Crippen molar-refractivity contribution in [3.05, 3.63) is 33.1 Å². The van der Waals surface area contributed by atoms with Crippen LogP contribution in [0, 0.1) is 0 Å². The van der Waals surface area contributed by atoms with Gasteiger partial charge in [0, 0.05) is 0 Å². The minimum atomic E-state index is -1.10. The van der Waals surface area contributed by atoms with Crippen molar-refractivity contribution in [1.82, 2.24) is 9.55 Å². The zero-order chi connectivity index (χ0) is 12.6. The first-order valence-corrected chi connectivity index (χ1v) is 6.96. The Morgan fingerprint density at radius 2 is 2.06 bits per heavy atom. The number of aromatic nitrogens is 2. The number of rotatable bonds is 2. The molecule has 7 nitrogen and oxygen atoms in total. The van der Waals surface area contributed by atoms with Gasteiger partial charge in [0.15, 0.2) is 0 Å². The summed E-state index contributed by atoms with van der Waals surface area (Å²) in [5, 5.41) is 28.5. The Kier molecular flexibility index (Phi) is 3.50. The van der Waals surface area contributed by atoms with E-state index in [0.717, 1.165) is 0 Å². The van der Waals surface area contributed by atoms with Crippen LogP contribution < -0.4 is 11.2 Å². The molecule has 8 heteroatoms. The van der Waals surface area contributed by atoms with Gasteiger partial charge in [-0.25, -0.2) is 0 Å². The molecule has 0 spiro atoms. The van der Waals surface area contributed by atoms with Gasteiger partial charge in [-0.2, -0.15) is 0 Å². The molecule has 1 saturated heterocycles. The van der Waals surface area contributed by atoms with E-state index in [9.17, 15) is 19.8 Å². The topological polar surface area (TPSA) is 116 Å². The van der Waals surface area contributed by atoms with Crippen molar-refractivity contribution < 1.29 is 15.3 Å². The van der Waals surface area contributed by atoms with Crippen molar-refractivity contribution >= 4 is 15.0 Å². The van der Waals surface area contributed by atoms with Crippen LogP contribution in [-0.4, -0.2) is 58.6 Å². The Morgan fingerprint density at radius 3 is 2.59 bits per heavy atom. The zero-order valence-electron chi connectivity index (χ0n) is 8.68. The van der Waals surface area contributed by atoms with Gasteiger partial charge in [0.25, 0.3) is 0 Å². The molecule has 1 unspecified atom stereocenters. The number of hydrogen-bond donors (Lipinski definition) is 4. The van der Waals surface area contributed by atoms with Crippen molar-refractivity contribution in [1.29, 1.82) is 0 Å². The molecule has 0 aliphatic carbocycles. The summed E-state index contributed by atoms with van der Waals surface area (Å²) in [4.78, 5) is 23.6. The van der Waals surface area contributed by atoms with E-state index in [1.165, 1.54) is 16.8 Å². The molecule has 4 N–H and O–H groups in total. The van der Waals surface area contributed by atoms with E-state index < -0.39 is 33.2 Å². The number of H-pyrrole nitrogens is 1. The van der Waals surface area contributed by atoms with Crippen LogP contribution in [0.5, 0.6) is 0 Å². The van der Waals surface area contributed by atoms with Gasteiger partial charge in [-0.15, -0.1) is 0 Å². The average Bonchev–Trinajstić information content (AvgIpc) is 2.57. The van der Waals surface area contributed by atoms with Gasteiger partial charge in [-0.1, -0.05) is 0 Å². The first-order chi connectivity index (χ1) is 8.04. The molecular weight excluding hydrogens is 295 g/mol. The van der Waals surface area contributed by atoms with Gasteiger partial charge in [-0.3, -0.25) is 0 Å². The Labute approximate surface area is 102 Å². The molecule has 1 aliphatic heterocycles. The number of hydrogen-bond acceptors (Lipinski definition) is 5. The molecule has 1 aliphatic rings. The van der Waals surface area contributed by atoms with Crippen molar-refractivity contribution in [2.75, 3.05) is 6.61 Å². The molecule has 17 heavy (non-hydrogen) atoms. The number of aliphatic hydroxyl groups is 3. The molecule has 0 bridgehead atoms. The summed E-state index contributed by atoms with van der Waals surface area (Å²) >= 11 is -0.324. The minimum absolute atomic E-state index is 0.229. The van der Waals surface area contributed by atoms with Gasteiger partial charge in [0.2, 0.25) is 0 Å². The summed E-state index contributed by atoms with van der Waals surface area (Å²) < 4.78 is 1.20. The first-order valence-electron chi connectivity index (χ1n) is 4.98. The van der Waals surface area contributed by atoms with Crippen molar-refractivity contribution in [3.63, 3.8) is 0 Å². The first kappa shape index (κ1) is 12.5. The monoisotopic (exact) mass is 308 g/mol. The molecule has 2 heterocycles. The van der Waals surface area contributed by atoms with Crippen LogP contribution in [0.15, 0.2) is 21.9 Å². The van der Waals surface area contributed by atoms with Crippen LogP contribution in [0.1, 0.15) is 4.94 Å². The number of nitrogens with zero attached hydrogens (tertiary/aromatic N) is 1. The maximum absolute atomic E-state index is 11.5. The third-order valence-corrected chi connectivity index (χ3v) is 5.92. The van der Waals surface area contributed by atoms with Crippen molar-refractivity contribution in [3.8, 4) is 0 Å².